The summed E-state index contributed by atoms with van der Waals surface area (Å²) < 4.78 is 3.65. The van der Waals surface area contributed by atoms with Crippen LogP contribution in [0.1, 0.15) is 42.6 Å². The van der Waals surface area contributed by atoms with Gasteiger partial charge in [-0.1, -0.05) is 39.0 Å². The molecule has 0 spiro atoms. The maximum Gasteiger partial charge on any atom is 0.255 e. The number of hydrogen-bond donors (Lipinski definition) is 1. The number of amides is 1. The summed E-state index contributed by atoms with van der Waals surface area (Å²) in [6, 6.07) is 9.93. The summed E-state index contributed by atoms with van der Waals surface area (Å²) in [6.07, 6.45) is 5.39. The SMILES string of the molecule is Cn1cc(C(=O)NCc2nccn2-c2ccccc2)c(C(C)(C)C)n1. The predicted octanol–water partition coefficient (Wildman–Crippen LogP) is 2.83. The van der Waals surface area contributed by atoms with Gasteiger partial charge >= 0.3 is 0 Å². The number of imidazole rings is 1. The fraction of sp³-hybridized carbons (Fsp3) is 0.316. The van der Waals surface area contributed by atoms with Crippen LogP contribution in [0, 0.1) is 0 Å². The lowest BCUT2D eigenvalue weighted by atomic mass is 9.89. The minimum absolute atomic E-state index is 0.138. The molecule has 130 valence electrons. The molecule has 0 fully saturated rings. The highest BCUT2D eigenvalue weighted by molar-refractivity contribution is 5.95. The lowest BCUT2D eigenvalue weighted by molar-refractivity contribution is 0.0947. The van der Waals surface area contributed by atoms with Crippen molar-refractivity contribution in [3.63, 3.8) is 0 Å². The number of aromatic nitrogens is 4. The van der Waals surface area contributed by atoms with Crippen LogP contribution in [0.2, 0.25) is 0 Å². The summed E-state index contributed by atoms with van der Waals surface area (Å²) in [7, 11) is 1.83. The van der Waals surface area contributed by atoms with Crippen LogP contribution in [-0.2, 0) is 19.0 Å². The molecule has 25 heavy (non-hydrogen) atoms. The predicted molar refractivity (Wildman–Crippen MR) is 96.6 cm³/mol. The summed E-state index contributed by atoms with van der Waals surface area (Å²) in [4.78, 5) is 17.0. The summed E-state index contributed by atoms with van der Waals surface area (Å²) in [5, 5.41) is 7.41. The first-order valence-corrected chi connectivity index (χ1v) is 8.26. The molecule has 0 atom stereocenters. The van der Waals surface area contributed by atoms with Gasteiger partial charge in [0.05, 0.1) is 17.8 Å². The largest absolute Gasteiger partial charge is 0.345 e. The molecule has 0 aliphatic heterocycles. The molecule has 1 aromatic carbocycles. The molecular formula is C19H23N5O. The van der Waals surface area contributed by atoms with Crippen molar-refractivity contribution in [2.75, 3.05) is 0 Å². The maximum absolute atomic E-state index is 12.7. The third-order valence-electron chi connectivity index (χ3n) is 3.94. The number of carbonyl (C=O) groups is 1. The van der Waals surface area contributed by atoms with Gasteiger partial charge in [-0.3, -0.25) is 9.48 Å². The van der Waals surface area contributed by atoms with Gasteiger partial charge in [0.2, 0.25) is 0 Å². The van der Waals surface area contributed by atoms with Gasteiger partial charge in [0.1, 0.15) is 5.82 Å². The molecule has 0 unspecified atom stereocenters. The minimum Gasteiger partial charge on any atom is -0.345 e. The quantitative estimate of drug-likeness (QED) is 0.796. The van der Waals surface area contributed by atoms with Crippen LogP contribution >= 0.6 is 0 Å². The van der Waals surface area contributed by atoms with Gasteiger partial charge in [-0.2, -0.15) is 5.10 Å². The standard InChI is InChI=1S/C19H23N5O/c1-19(2,3)17-15(13-23(4)22-17)18(25)21-12-16-20-10-11-24(16)14-8-6-5-7-9-14/h5-11,13H,12H2,1-4H3,(H,21,25). The van der Waals surface area contributed by atoms with Crippen molar-refractivity contribution in [3.05, 3.63) is 66.0 Å². The Morgan fingerprint density at radius 1 is 1.20 bits per heavy atom. The van der Waals surface area contributed by atoms with E-state index in [4.69, 9.17) is 0 Å². The number of benzene rings is 1. The van der Waals surface area contributed by atoms with Crippen LogP contribution in [0.5, 0.6) is 0 Å². The Kier molecular flexibility index (Phi) is 4.44. The topological polar surface area (TPSA) is 64.7 Å². The minimum atomic E-state index is -0.198. The lowest BCUT2D eigenvalue weighted by Gasteiger charge is -2.17. The third-order valence-corrected chi connectivity index (χ3v) is 3.94. The van der Waals surface area contributed by atoms with Crippen LogP contribution in [0.25, 0.3) is 5.69 Å². The first-order chi connectivity index (χ1) is 11.9. The van der Waals surface area contributed by atoms with E-state index in [2.05, 4.69) is 15.4 Å². The summed E-state index contributed by atoms with van der Waals surface area (Å²) in [6.45, 7) is 6.50. The van der Waals surface area contributed by atoms with Crippen molar-refractivity contribution in [2.24, 2.45) is 7.05 Å². The summed E-state index contributed by atoms with van der Waals surface area (Å²) >= 11 is 0. The summed E-state index contributed by atoms with van der Waals surface area (Å²) in [5.74, 6) is 0.640. The first-order valence-electron chi connectivity index (χ1n) is 8.26. The monoisotopic (exact) mass is 337 g/mol. The second-order valence-corrected chi connectivity index (χ2v) is 7.05. The van der Waals surface area contributed by atoms with Crippen LogP contribution in [0.3, 0.4) is 0 Å². The average molecular weight is 337 g/mol. The van der Waals surface area contributed by atoms with E-state index in [1.54, 1.807) is 17.1 Å². The van der Waals surface area contributed by atoms with Crippen molar-refractivity contribution >= 4 is 5.91 Å². The molecule has 0 aliphatic rings. The van der Waals surface area contributed by atoms with E-state index in [1.165, 1.54) is 0 Å². The van der Waals surface area contributed by atoms with Crippen LogP contribution in [0.15, 0.2) is 48.9 Å². The smallest absolute Gasteiger partial charge is 0.255 e. The highest BCUT2D eigenvalue weighted by atomic mass is 16.1. The zero-order valence-corrected chi connectivity index (χ0v) is 15.0. The van der Waals surface area contributed by atoms with Crippen molar-refractivity contribution in [1.82, 2.24) is 24.6 Å². The molecule has 0 radical (unpaired) electrons. The molecule has 3 rings (SSSR count). The Morgan fingerprint density at radius 2 is 1.92 bits per heavy atom. The van der Waals surface area contributed by atoms with Crippen LogP contribution in [0.4, 0.5) is 0 Å². The number of carbonyl (C=O) groups excluding carboxylic acids is 1. The first kappa shape index (κ1) is 17.0. The number of aryl methyl sites for hydroxylation is 1. The Morgan fingerprint density at radius 3 is 2.60 bits per heavy atom. The molecule has 0 aliphatic carbocycles. The van der Waals surface area contributed by atoms with Gasteiger partial charge in [-0.05, 0) is 12.1 Å². The van der Waals surface area contributed by atoms with Crippen molar-refractivity contribution < 1.29 is 4.79 Å². The highest BCUT2D eigenvalue weighted by Crippen LogP contribution is 2.24. The van der Waals surface area contributed by atoms with Gasteiger partial charge in [-0.25, -0.2) is 4.98 Å². The van der Waals surface area contributed by atoms with Crippen molar-refractivity contribution in [2.45, 2.75) is 32.7 Å². The molecule has 3 aromatic rings. The number of para-hydroxylation sites is 1. The second kappa shape index (κ2) is 6.55. The highest BCUT2D eigenvalue weighted by Gasteiger charge is 2.25. The Hall–Kier alpha value is -2.89. The van der Waals surface area contributed by atoms with Crippen molar-refractivity contribution in [1.29, 1.82) is 0 Å². The Bertz CT molecular complexity index is 871. The average Bonchev–Trinajstić information content (AvgIpc) is 3.19. The normalized spacial score (nSPS) is 11.5. The molecule has 0 saturated heterocycles. The van der Waals surface area contributed by atoms with Gasteiger partial charge in [0, 0.05) is 36.7 Å². The van der Waals surface area contributed by atoms with E-state index >= 15 is 0 Å². The van der Waals surface area contributed by atoms with E-state index in [0.717, 1.165) is 17.2 Å². The molecule has 0 bridgehead atoms. The second-order valence-electron chi connectivity index (χ2n) is 7.05. The molecule has 2 aromatic heterocycles. The summed E-state index contributed by atoms with van der Waals surface area (Å²) in [5.41, 5.74) is 2.21. The van der Waals surface area contributed by atoms with E-state index in [1.807, 2.05) is 68.9 Å². The zero-order valence-electron chi connectivity index (χ0n) is 15.0. The molecule has 2 heterocycles. The van der Waals surface area contributed by atoms with Gasteiger partial charge < -0.3 is 9.88 Å². The molecule has 1 N–H and O–H groups in total. The Balaban J connectivity index is 1.78. The number of hydrogen-bond acceptors (Lipinski definition) is 3. The van der Waals surface area contributed by atoms with E-state index < -0.39 is 0 Å². The van der Waals surface area contributed by atoms with Gasteiger partial charge in [0.25, 0.3) is 5.91 Å². The third kappa shape index (κ3) is 3.63. The number of nitrogens with one attached hydrogen (secondary N) is 1. The fourth-order valence-electron chi connectivity index (χ4n) is 2.75. The van der Waals surface area contributed by atoms with E-state index in [9.17, 15) is 4.79 Å². The fourth-order valence-corrected chi connectivity index (χ4v) is 2.75. The Labute approximate surface area is 147 Å². The molecule has 0 saturated carbocycles. The molecule has 6 nitrogen and oxygen atoms in total. The lowest BCUT2D eigenvalue weighted by Crippen LogP contribution is -2.27. The maximum atomic E-state index is 12.7. The molecule has 1 amide bonds. The number of nitrogens with zero attached hydrogens (tertiary/aromatic N) is 4. The van der Waals surface area contributed by atoms with Crippen LogP contribution in [-0.4, -0.2) is 25.2 Å². The number of rotatable bonds is 4. The van der Waals surface area contributed by atoms with Gasteiger partial charge in [-0.15, -0.1) is 0 Å². The molecular weight excluding hydrogens is 314 g/mol. The van der Waals surface area contributed by atoms with Gasteiger partial charge in [0.15, 0.2) is 0 Å². The van der Waals surface area contributed by atoms with E-state index in [-0.39, 0.29) is 11.3 Å². The zero-order chi connectivity index (χ0) is 18.0. The molecule has 6 heteroatoms. The van der Waals surface area contributed by atoms with E-state index in [0.29, 0.717) is 12.1 Å². The van der Waals surface area contributed by atoms with Crippen LogP contribution < -0.4 is 5.32 Å². The van der Waals surface area contributed by atoms with Crippen molar-refractivity contribution in [3.8, 4) is 5.69 Å².